The quantitative estimate of drug-likeness (QED) is 0.0261. The zero-order valence-corrected chi connectivity index (χ0v) is 47.3. The first-order valence-electron chi connectivity index (χ1n) is 29.5. The number of carbonyl (C=O) groups is 3. The molecule has 1 unspecified atom stereocenters. The summed E-state index contributed by atoms with van der Waals surface area (Å²) in [5.41, 5.74) is 0. The molecule has 1 atom stereocenters. The molecule has 0 N–H and O–H groups in total. The van der Waals surface area contributed by atoms with Gasteiger partial charge in [-0.25, -0.2) is 0 Å². The fraction of sp³-hybridized carbons (Fsp3) is 0.574. The van der Waals surface area contributed by atoms with E-state index in [0.29, 0.717) is 19.3 Å². The highest BCUT2D eigenvalue weighted by atomic mass is 16.6. The maximum atomic E-state index is 12.8. The molecular formula is C68H106O6. The van der Waals surface area contributed by atoms with Crippen LogP contribution in [0.2, 0.25) is 0 Å². The minimum atomic E-state index is -0.807. The normalized spacial score (nSPS) is 13.3. The van der Waals surface area contributed by atoms with E-state index in [4.69, 9.17) is 14.2 Å². The van der Waals surface area contributed by atoms with E-state index >= 15 is 0 Å². The Morgan fingerprint density at radius 2 is 0.527 bits per heavy atom. The van der Waals surface area contributed by atoms with Gasteiger partial charge in [0, 0.05) is 19.3 Å². The Kier molecular flexibility index (Phi) is 56.5. The summed E-state index contributed by atoms with van der Waals surface area (Å²) in [6, 6.07) is 0. The van der Waals surface area contributed by atoms with Crippen LogP contribution in [0, 0.1) is 0 Å². The second-order valence-corrected chi connectivity index (χ2v) is 18.8. The molecule has 0 aliphatic heterocycles. The van der Waals surface area contributed by atoms with Crippen LogP contribution in [0.15, 0.2) is 158 Å². The van der Waals surface area contributed by atoms with Crippen molar-refractivity contribution in [3.05, 3.63) is 158 Å². The van der Waals surface area contributed by atoms with E-state index < -0.39 is 6.10 Å². The van der Waals surface area contributed by atoms with Gasteiger partial charge >= 0.3 is 17.9 Å². The van der Waals surface area contributed by atoms with E-state index in [1.165, 1.54) is 44.9 Å². The van der Waals surface area contributed by atoms with Gasteiger partial charge in [-0.2, -0.15) is 0 Å². The summed E-state index contributed by atoms with van der Waals surface area (Å²) in [6.07, 6.45) is 88.5. The number of hydrogen-bond acceptors (Lipinski definition) is 6. The standard InChI is InChI=1S/C68H106O6/c1-4-7-10-13-16-18-20-22-24-25-26-27-28-29-30-31-32-33-34-35-36-37-38-39-40-41-42-43-45-46-48-50-52-55-58-61-67(70)73-64-65(63-72-66(69)60-57-54-15-12-9-6-3)74-68(71)62-59-56-53-51-49-47-44-23-21-19-17-14-11-8-5-2/h7-8,10-11,16-19,22-24,26-27,29-30,32-33,35-36,38-39,41-42,44,49,51,65H,4-6,9,12-15,20-21,25,28,31,34,37,40,43,45-48,50,52-64H2,1-3H3/b10-7-,11-8-,18-16-,19-17-,24-22-,27-26-,30-29-,33-32-,36-35-,39-38-,42-41-,44-23-,51-49-. The van der Waals surface area contributed by atoms with Crippen molar-refractivity contribution < 1.29 is 28.6 Å². The molecule has 0 rings (SSSR count). The van der Waals surface area contributed by atoms with Crippen molar-refractivity contribution >= 4 is 17.9 Å². The predicted molar refractivity (Wildman–Crippen MR) is 320 cm³/mol. The first-order valence-corrected chi connectivity index (χ1v) is 29.5. The van der Waals surface area contributed by atoms with Gasteiger partial charge in [-0.1, -0.05) is 243 Å². The number of allylic oxidation sites excluding steroid dienone is 26. The number of hydrogen-bond donors (Lipinski definition) is 0. The molecule has 6 heteroatoms. The molecule has 0 bridgehead atoms. The molecule has 0 aromatic heterocycles. The third-order valence-corrected chi connectivity index (χ3v) is 11.8. The molecule has 0 spiro atoms. The molecule has 0 amide bonds. The largest absolute Gasteiger partial charge is 0.462 e. The molecule has 0 aromatic carbocycles. The summed E-state index contributed by atoms with van der Waals surface area (Å²) in [7, 11) is 0. The van der Waals surface area contributed by atoms with E-state index in [1.807, 2.05) is 0 Å². The number of ether oxygens (including phenoxy) is 3. The summed E-state index contributed by atoms with van der Waals surface area (Å²) in [4.78, 5) is 37.8. The second kappa shape index (κ2) is 60.6. The molecule has 0 fully saturated rings. The lowest BCUT2D eigenvalue weighted by Crippen LogP contribution is -2.30. The molecule has 0 radical (unpaired) electrons. The predicted octanol–water partition coefficient (Wildman–Crippen LogP) is 20.1. The molecule has 0 saturated carbocycles. The average Bonchev–Trinajstić information content (AvgIpc) is 3.40. The minimum Gasteiger partial charge on any atom is -0.462 e. The summed E-state index contributed by atoms with van der Waals surface area (Å²) in [6.45, 7) is 6.28. The van der Waals surface area contributed by atoms with E-state index in [1.54, 1.807) is 0 Å². The zero-order valence-electron chi connectivity index (χ0n) is 47.3. The monoisotopic (exact) mass is 1020 g/mol. The number of unbranched alkanes of at least 4 members (excludes halogenated alkanes) is 14. The van der Waals surface area contributed by atoms with Crippen LogP contribution in [0.3, 0.4) is 0 Å². The highest BCUT2D eigenvalue weighted by molar-refractivity contribution is 5.71. The van der Waals surface area contributed by atoms with E-state index in [0.717, 1.165) is 141 Å². The fourth-order valence-electron chi connectivity index (χ4n) is 7.42. The summed E-state index contributed by atoms with van der Waals surface area (Å²) < 4.78 is 16.7. The lowest BCUT2D eigenvalue weighted by Gasteiger charge is -2.18. The van der Waals surface area contributed by atoms with Crippen LogP contribution in [-0.4, -0.2) is 37.2 Å². The minimum absolute atomic E-state index is 0.104. The van der Waals surface area contributed by atoms with Crippen molar-refractivity contribution in [1.29, 1.82) is 0 Å². The topological polar surface area (TPSA) is 78.9 Å². The van der Waals surface area contributed by atoms with Crippen molar-refractivity contribution in [3.63, 3.8) is 0 Å². The van der Waals surface area contributed by atoms with Crippen LogP contribution in [0.25, 0.3) is 0 Å². The number of rotatable bonds is 51. The summed E-state index contributed by atoms with van der Waals surface area (Å²) in [5, 5.41) is 0. The lowest BCUT2D eigenvalue weighted by atomic mass is 10.1. The smallest absolute Gasteiger partial charge is 0.306 e. The molecule has 414 valence electrons. The number of esters is 3. The summed E-state index contributed by atoms with van der Waals surface area (Å²) >= 11 is 0. The van der Waals surface area contributed by atoms with Gasteiger partial charge in [0.2, 0.25) is 0 Å². The fourth-order valence-corrected chi connectivity index (χ4v) is 7.42. The van der Waals surface area contributed by atoms with Gasteiger partial charge in [0.05, 0.1) is 0 Å². The third-order valence-electron chi connectivity index (χ3n) is 11.8. The Labute approximate surface area is 454 Å². The van der Waals surface area contributed by atoms with Gasteiger partial charge in [-0.05, 0) is 128 Å². The summed E-state index contributed by atoms with van der Waals surface area (Å²) in [5.74, 6) is -0.977. The van der Waals surface area contributed by atoms with Crippen molar-refractivity contribution in [3.8, 4) is 0 Å². The van der Waals surface area contributed by atoms with Crippen LogP contribution in [-0.2, 0) is 28.6 Å². The van der Waals surface area contributed by atoms with Gasteiger partial charge in [0.15, 0.2) is 6.10 Å². The highest BCUT2D eigenvalue weighted by Gasteiger charge is 2.19. The van der Waals surface area contributed by atoms with Crippen molar-refractivity contribution in [2.45, 2.75) is 239 Å². The Bertz CT molecular complexity index is 1690. The molecular weight excluding hydrogens is 913 g/mol. The number of carbonyl (C=O) groups excluding carboxylic acids is 3. The van der Waals surface area contributed by atoms with E-state index in [9.17, 15) is 14.4 Å². The maximum absolute atomic E-state index is 12.8. The van der Waals surface area contributed by atoms with Crippen molar-refractivity contribution in [2.24, 2.45) is 0 Å². The Balaban J connectivity index is 4.16. The first kappa shape index (κ1) is 69.0. The van der Waals surface area contributed by atoms with Gasteiger partial charge in [0.1, 0.15) is 13.2 Å². The van der Waals surface area contributed by atoms with E-state index in [2.05, 4.69) is 179 Å². The maximum Gasteiger partial charge on any atom is 0.306 e. The van der Waals surface area contributed by atoms with Crippen LogP contribution in [0.5, 0.6) is 0 Å². The van der Waals surface area contributed by atoms with Gasteiger partial charge in [0.25, 0.3) is 0 Å². The second-order valence-electron chi connectivity index (χ2n) is 18.8. The Morgan fingerprint density at radius 1 is 0.284 bits per heavy atom. The van der Waals surface area contributed by atoms with Gasteiger partial charge < -0.3 is 14.2 Å². The Hall–Kier alpha value is -4.97. The van der Waals surface area contributed by atoms with Gasteiger partial charge in [-0.15, -0.1) is 0 Å². The molecule has 74 heavy (non-hydrogen) atoms. The zero-order chi connectivity index (χ0) is 53.6. The van der Waals surface area contributed by atoms with Crippen LogP contribution < -0.4 is 0 Å². The van der Waals surface area contributed by atoms with Crippen LogP contribution >= 0.6 is 0 Å². The van der Waals surface area contributed by atoms with Gasteiger partial charge in [-0.3, -0.25) is 14.4 Å². The third kappa shape index (κ3) is 57.9. The van der Waals surface area contributed by atoms with Crippen molar-refractivity contribution in [2.75, 3.05) is 13.2 Å². The first-order chi connectivity index (χ1) is 36.5. The van der Waals surface area contributed by atoms with Crippen LogP contribution in [0.1, 0.15) is 233 Å². The molecule has 0 aliphatic carbocycles. The van der Waals surface area contributed by atoms with Crippen LogP contribution in [0.4, 0.5) is 0 Å². The lowest BCUT2D eigenvalue weighted by molar-refractivity contribution is -0.167. The molecule has 0 aromatic rings. The average molecular weight is 1020 g/mol. The highest BCUT2D eigenvalue weighted by Crippen LogP contribution is 2.13. The SMILES string of the molecule is CC/C=C\C/C=C\C/C=C\C/C=C\C/C=C\C/C=C\C/C=C\C/C=C\C/C=C\CCCCCCCCCC(=O)OCC(COC(=O)CCCCCCCC)OC(=O)CCCC/C=C\C/C=C\C/C=C\C/C=C\CC. The van der Waals surface area contributed by atoms with E-state index in [-0.39, 0.29) is 37.5 Å². The molecule has 0 saturated heterocycles. The Morgan fingerprint density at radius 3 is 0.851 bits per heavy atom. The molecule has 0 aliphatic rings. The molecule has 6 nitrogen and oxygen atoms in total. The molecule has 0 heterocycles. The van der Waals surface area contributed by atoms with Crippen molar-refractivity contribution in [1.82, 2.24) is 0 Å².